The van der Waals surface area contributed by atoms with Crippen molar-refractivity contribution in [3.8, 4) is 11.3 Å². The van der Waals surface area contributed by atoms with Crippen LogP contribution in [0.4, 0.5) is 5.95 Å². The Balaban J connectivity index is 1.60. The van der Waals surface area contributed by atoms with Crippen molar-refractivity contribution in [1.82, 2.24) is 19.4 Å². The van der Waals surface area contributed by atoms with Gasteiger partial charge in [-0.05, 0) is 36.4 Å². The zero-order chi connectivity index (χ0) is 15.6. The summed E-state index contributed by atoms with van der Waals surface area (Å²) >= 11 is 0. The molecule has 0 saturated carbocycles. The number of H-pyrrole nitrogens is 1. The van der Waals surface area contributed by atoms with Crippen LogP contribution in [-0.2, 0) is 0 Å². The Hall–Kier alpha value is -3.41. The molecule has 0 aliphatic heterocycles. The van der Waals surface area contributed by atoms with Crippen molar-refractivity contribution >= 4 is 17.4 Å². The fourth-order valence-corrected chi connectivity index (χ4v) is 2.49. The first kappa shape index (κ1) is 13.3. The number of anilines is 1. The summed E-state index contributed by atoms with van der Waals surface area (Å²) in [5, 5.41) is 2.79. The summed E-state index contributed by atoms with van der Waals surface area (Å²) < 4.78 is 1.84. The Kier molecular flexibility index (Phi) is 3.12. The van der Waals surface area contributed by atoms with Gasteiger partial charge in [0.2, 0.25) is 5.95 Å². The fourth-order valence-electron chi connectivity index (χ4n) is 2.49. The highest BCUT2D eigenvalue weighted by Crippen LogP contribution is 2.18. The van der Waals surface area contributed by atoms with Crippen LogP contribution >= 0.6 is 0 Å². The number of aromatic amines is 1. The maximum Gasteiger partial charge on any atom is 0.274 e. The Morgan fingerprint density at radius 3 is 2.78 bits per heavy atom. The topological polar surface area (TPSA) is 75.1 Å². The van der Waals surface area contributed by atoms with E-state index in [2.05, 4.69) is 20.3 Å². The average Bonchev–Trinajstić information content (AvgIpc) is 3.24. The van der Waals surface area contributed by atoms with Crippen molar-refractivity contribution in [1.29, 1.82) is 0 Å². The highest BCUT2D eigenvalue weighted by molar-refractivity contribution is 6.02. The van der Waals surface area contributed by atoms with E-state index in [4.69, 9.17) is 0 Å². The van der Waals surface area contributed by atoms with Gasteiger partial charge in [0.15, 0.2) is 0 Å². The van der Waals surface area contributed by atoms with Gasteiger partial charge in [0.25, 0.3) is 5.91 Å². The van der Waals surface area contributed by atoms with E-state index < -0.39 is 0 Å². The fraction of sp³-hybridized carbons (Fsp3) is 0. The van der Waals surface area contributed by atoms with Crippen molar-refractivity contribution < 1.29 is 4.79 Å². The van der Waals surface area contributed by atoms with E-state index in [1.54, 1.807) is 24.7 Å². The monoisotopic (exact) mass is 303 g/mol. The molecule has 0 atom stereocenters. The Morgan fingerprint density at radius 1 is 1.09 bits per heavy atom. The van der Waals surface area contributed by atoms with Crippen LogP contribution in [0.2, 0.25) is 0 Å². The maximum absolute atomic E-state index is 12.5. The molecular formula is C17H13N5O. The van der Waals surface area contributed by atoms with Gasteiger partial charge in [-0.1, -0.05) is 6.07 Å². The zero-order valence-corrected chi connectivity index (χ0v) is 12.1. The quantitative estimate of drug-likeness (QED) is 0.611. The molecule has 0 radical (unpaired) electrons. The number of nitrogens with one attached hydrogen (secondary N) is 2. The van der Waals surface area contributed by atoms with Gasteiger partial charge in [-0.25, -0.2) is 4.98 Å². The van der Waals surface area contributed by atoms with Crippen molar-refractivity contribution in [3.63, 3.8) is 0 Å². The van der Waals surface area contributed by atoms with Crippen LogP contribution in [0.15, 0.2) is 67.3 Å². The summed E-state index contributed by atoms with van der Waals surface area (Å²) in [5.74, 6) is 0.188. The molecule has 23 heavy (non-hydrogen) atoms. The lowest BCUT2D eigenvalue weighted by Crippen LogP contribution is -2.16. The number of pyridine rings is 2. The third kappa shape index (κ3) is 2.46. The molecule has 0 aromatic carbocycles. The van der Waals surface area contributed by atoms with Crippen LogP contribution < -0.4 is 5.32 Å². The molecule has 112 valence electrons. The normalized spacial score (nSPS) is 10.8. The molecule has 4 aromatic rings. The van der Waals surface area contributed by atoms with Crippen LogP contribution in [0.3, 0.4) is 0 Å². The predicted octanol–water partition coefficient (Wildman–Crippen LogP) is 2.98. The van der Waals surface area contributed by atoms with E-state index in [-0.39, 0.29) is 5.91 Å². The van der Waals surface area contributed by atoms with Gasteiger partial charge < -0.3 is 9.38 Å². The smallest absolute Gasteiger partial charge is 0.274 e. The van der Waals surface area contributed by atoms with E-state index in [0.29, 0.717) is 11.6 Å². The number of imidazole rings is 1. The van der Waals surface area contributed by atoms with Gasteiger partial charge in [-0.2, -0.15) is 0 Å². The highest BCUT2D eigenvalue weighted by Gasteiger charge is 2.12. The molecule has 0 unspecified atom stereocenters. The molecule has 6 nitrogen and oxygen atoms in total. The first-order chi connectivity index (χ1) is 11.3. The zero-order valence-electron chi connectivity index (χ0n) is 12.1. The number of aromatic nitrogens is 4. The molecule has 4 rings (SSSR count). The van der Waals surface area contributed by atoms with Crippen LogP contribution in [0.5, 0.6) is 0 Å². The van der Waals surface area contributed by atoms with E-state index >= 15 is 0 Å². The van der Waals surface area contributed by atoms with Crippen LogP contribution in [-0.4, -0.2) is 25.3 Å². The Morgan fingerprint density at radius 2 is 1.91 bits per heavy atom. The summed E-state index contributed by atoms with van der Waals surface area (Å²) in [5.41, 5.74) is 3.30. The van der Waals surface area contributed by atoms with Crippen molar-refractivity contribution in [2.75, 3.05) is 5.32 Å². The minimum Gasteiger partial charge on any atom is -0.324 e. The standard InChI is InChI=1S/C17H13N5O/c23-16(15-5-1-3-13-4-2-10-22(13)15)21-17-19-11-14(20-17)12-6-8-18-9-7-12/h1-11H,(H2,19,20,21,23). The number of hydrogen-bond acceptors (Lipinski definition) is 3. The van der Waals surface area contributed by atoms with Gasteiger partial charge in [-0.3, -0.25) is 15.1 Å². The van der Waals surface area contributed by atoms with Crippen LogP contribution in [0, 0.1) is 0 Å². The number of hydrogen-bond donors (Lipinski definition) is 2. The number of carbonyl (C=O) groups excluding carboxylic acids is 1. The van der Waals surface area contributed by atoms with Crippen LogP contribution in [0.1, 0.15) is 10.5 Å². The molecule has 0 fully saturated rings. The van der Waals surface area contributed by atoms with E-state index in [1.165, 1.54) is 0 Å². The minimum atomic E-state index is -0.220. The Bertz CT molecular complexity index is 971. The minimum absolute atomic E-state index is 0.220. The molecule has 0 aliphatic rings. The lowest BCUT2D eigenvalue weighted by molar-refractivity contribution is 0.102. The molecular weight excluding hydrogens is 290 g/mol. The number of fused-ring (bicyclic) bond motifs is 1. The first-order valence-electron chi connectivity index (χ1n) is 7.14. The number of carbonyl (C=O) groups is 1. The summed E-state index contributed by atoms with van der Waals surface area (Å²) in [4.78, 5) is 23.8. The van der Waals surface area contributed by atoms with Crippen molar-refractivity contribution in [2.24, 2.45) is 0 Å². The third-order valence-electron chi connectivity index (χ3n) is 3.59. The highest BCUT2D eigenvalue weighted by atomic mass is 16.2. The van der Waals surface area contributed by atoms with Gasteiger partial charge in [0.1, 0.15) is 5.69 Å². The molecule has 4 heterocycles. The van der Waals surface area contributed by atoms with E-state index in [9.17, 15) is 4.79 Å². The second kappa shape index (κ2) is 5.42. The lowest BCUT2D eigenvalue weighted by atomic mass is 10.2. The molecule has 0 spiro atoms. The molecule has 2 N–H and O–H groups in total. The van der Waals surface area contributed by atoms with Gasteiger partial charge in [0, 0.05) is 29.7 Å². The largest absolute Gasteiger partial charge is 0.324 e. The van der Waals surface area contributed by atoms with E-state index in [1.807, 2.05) is 47.0 Å². The SMILES string of the molecule is O=C(Nc1ncc(-c2ccncc2)[nH]1)c1cccc2cccn12. The summed E-state index contributed by atoms with van der Waals surface area (Å²) in [6.07, 6.45) is 6.96. The second-order valence-corrected chi connectivity index (χ2v) is 5.05. The van der Waals surface area contributed by atoms with Crippen molar-refractivity contribution in [3.05, 3.63) is 72.9 Å². The summed E-state index contributed by atoms with van der Waals surface area (Å²) in [6.45, 7) is 0. The number of amides is 1. The predicted molar refractivity (Wildman–Crippen MR) is 87.2 cm³/mol. The molecule has 4 aromatic heterocycles. The van der Waals surface area contributed by atoms with Crippen LogP contribution in [0.25, 0.3) is 16.8 Å². The molecule has 0 bridgehead atoms. The van der Waals surface area contributed by atoms with Crippen molar-refractivity contribution in [2.45, 2.75) is 0 Å². The van der Waals surface area contributed by atoms with Gasteiger partial charge in [-0.15, -0.1) is 0 Å². The van der Waals surface area contributed by atoms with Gasteiger partial charge >= 0.3 is 0 Å². The summed E-state index contributed by atoms with van der Waals surface area (Å²) in [6, 6.07) is 13.2. The maximum atomic E-state index is 12.5. The number of nitrogens with zero attached hydrogens (tertiary/aromatic N) is 3. The average molecular weight is 303 g/mol. The van der Waals surface area contributed by atoms with Gasteiger partial charge in [0.05, 0.1) is 11.9 Å². The Labute approximate surface area is 131 Å². The number of rotatable bonds is 3. The molecule has 0 saturated heterocycles. The molecule has 1 amide bonds. The first-order valence-corrected chi connectivity index (χ1v) is 7.14. The summed E-state index contributed by atoms with van der Waals surface area (Å²) in [7, 11) is 0. The second-order valence-electron chi connectivity index (χ2n) is 5.05. The molecule has 0 aliphatic carbocycles. The van der Waals surface area contributed by atoms with E-state index in [0.717, 1.165) is 16.8 Å². The lowest BCUT2D eigenvalue weighted by Gasteiger charge is -2.05. The molecule has 6 heteroatoms. The third-order valence-corrected chi connectivity index (χ3v) is 3.59.